The number of rotatable bonds is 5. The summed E-state index contributed by atoms with van der Waals surface area (Å²) in [6, 6.07) is 5.38. The molecule has 84 valence electrons. The van der Waals surface area contributed by atoms with Crippen LogP contribution in [0.15, 0.2) is 18.2 Å². The van der Waals surface area contributed by atoms with Crippen molar-refractivity contribution in [1.82, 2.24) is 5.32 Å². The Morgan fingerprint density at radius 3 is 2.73 bits per heavy atom. The number of aliphatic hydroxyl groups is 2. The average Bonchev–Trinajstić information content (AvgIpc) is 2.27. The molecule has 0 saturated carbocycles. The topological polar surface area (TPSA) is 72.7 Å². The SMILES string of the molecule is CCc1ccc(O)c(CNC(O)CO)c1. The quantitative estimate of drug-likeness (QED) is 0.530. The highest BCUT2D eigenvalue weighted by atomic mass is 16.3. The molecule has 1 atom stereocenters. The first-order valence-corrected chi connectivity index (χ1v) is 5.00. The zero-order valence-electron chi connectivity index (χ0n) is 8.77. The standard InChI is InChI=1S/C11H17NO3/c1-2-8-3-4-10(14)9(5-8)6-12-11(15)7-13/h3-5,11-15H,2,6-7H2,1H3. The highest BCUT2D eigenvalue weighted by Crippen LogP contribution is 2.18. The van der Waals surface area contributed by atoms with Gasteiger partial charge in [0, 0.05) is 12.1 Å². The van der Waals surface area contributed by atoms with Crippen LogP contribution in [0.5, 0.6) is 5.75 Å². The second kappa shape index (κ2) is 5.70. The van der Waals surface area contributed by atoms with Crippen LogP contribution in [-0.4, -0.2) is 28.2 Å². The number of phenolic OH excluding ortho intramolecular Hbond substituents is 1. The van der Waals surface area contributed by atoms with Crippen LogP contribution < -0.4 is 5.32 Å². The van der Waals surface area contributed by atoms with Gasteiger partial charge >= 0.3 is 0 Å². The Bertz CT molecular complexity index is 315. The van der Waals surface area contributed by atoms with Crippen LogP contribution in [0.4, 0.5) is 0 Å². The summed E-state index contributed by atoms with van der Waals surface area (Å²) in [6.07, 6.45) is -0.0507. The third-order valence-corrected chi connectivity index (χ3v) is 2.25. The number of hydrogen-bond donors (Lipinski definition) is 4. The molecular formula is C11H17NO3. The van der Waals surface area contributed by atoms with Crippen molar-refractivity contribution < 1.29 is 15.3 Å². The number of phenols is 1. The van der Waals surface area contributed by atoms with E-state index in [4.69, 9.17) is 10.2 Å². The van der Waals surface area contributed by atoms with Gasteiger partial charge in [0.25, 0.3) is 0 Å². The number of aliphatic hydroxyl groups excluding tert-OH is 2. The van der Waals surface area contributed by atoms with Crippen molar-refractivity contribution >= 4 is 0 Å². The minimum atomic E-state index is -0.949. The van der Waals surface area contributed by atoms with E-state index in [1.807, 2.05) is 19.1 Å². The fraction of sp³-hybridized carbons (Fsp3) is 0.455. The van der Waals surface area contributed by atoms with Gasteiger partial charge in [0.2, 0.25) is 0 Å². The first-order chi connectivity index (χ1) is 7.17. The third-order valence-electron chi connectivity index (χ3n) is 2.25. The molecule has 0 aliphatic carbocycles. The zero-order chi connectivity index (χ0) is 11.3. The molecular weight excluding hydrogens is 194 g/mol. The lowest BCUT2D eigenvalue weighted by atomic mass is 10.1. The first-order valence-electron chi connectivity index (χ1n) is 5.00. The number of aryl methyl sites for hydroxylation is 1. The van der Waals surface area contributed by atoms with Crippen molar-refractivity contribution in [2.75, 3.05) is 6.61 Å². The van der Waals surface area contributed by atoms with Crippen molar-refractivity contribution in [2.45, 2.75) is 26.1 Å². The normalized spacial score (nSPS) is 12.7. The van der Waals surface area contributed by atoms with E-state index in [1.165, 1.54) is 0 Å². The van der Waals surface area contributed by atoms with Gasteiger partial charge in [-0.3, -0.25) is 5.32 Å². The van der Waals surface area contributed by atoms with Crippen molar-refractivity contribution in [3.05, 3.63) is 29.3 Å². The van der Waals surface area contributed by atoms with Crippen molar-refractivity contribution in [2.24, 2.45) is 0 Å². The summed E-state index contributed by atoms with van der Waals surface area (Å²) < 4.78 is 0. The van der Waals surface area contributed by atoms with Gasteiger partial charge in [-0.05, 0) is 18.1 Å². The van der Waals surface area contributed by atoms with Gasteiger partial charge in [0.05, 0.1) is 6.61 Å². The van der Waals surface area contributed by atoms with Crippen LogP contribution in [0.3, 0.4) is 0 Å². The summed E-state index contributed by atoms with van der Waals surface area (Å²) in [7, 11) is 0. The molecule has 0 bridgehead atoms. The van der Waals surface area contributed by atoms with Crippen molar-refractivity contribution in [1.29, 1.82) is 0 Å². The number of nitrogens with one attached hydrogen (secondary N) is 1. The maximum atomic E-state index is 9.53. The van der Waals surface area contributed by atoms with Gasteiger partial charge < -0.3 is 15.3 Å². The molecule has 0 aromatic heterocycles. The monoisotopic (exact) mass is 211 g/mol. The van der Waals surface area contributed by atoms with E-state index >= 15 is 0 Å². The van der Waals surface area contributed by atoms with E-state index in [9.17, 15) is 5.11 Å². The molecule has 0 fully saturated rings. The van der Waals surface area contributed by atoms with E-state index < -0.39 is 6.23 Å². The maximum Gasteiger partial charge on any atom is 0.128 e. The Labute approximate surface area is 89.2 Å². The largest absolute Gasteiger partial charge is 0.508 e. The lowest BCUT2D eigenvalue weighted by Crippen LogP contribution is -2.31. The molecule has 15 heavy (non-hydrogen) atoms. The van der Waals surface area contributed by atoms with Gasteiger partial charge in [0.15, 0.2) is 0 Å². The molecule has 1 unspecified atom stereocenters. The van der Waals surface area contributed by atoms with Gasteiger partial charge in [-0.2, -0.15) is 0 Å². The second-order valence-corrected chi connectivity index (χ2v) is 3.40. The predicted molar refractivity (Wildman–Crippen MR) is 57.4 cm³/mol. The van der Waals surface area contributed by atoms with Crippen LogP contribution in [0.1, 0.15) is 18.1 Å². The number of hydrogen-bond acceptors (Lipinski definition) is 4. The molecule has 1 aromatic carbocycles. The summed E-state index contributed by atoms with van der Waals surface area (Å²) in [6.45, 7) is 2.03. The predicted octanol–water partition coefficient (Wildman–Crippen LogP) is 0.355. The smallest absolute Gasteiger partial charge is 0.128 e. The highest BCUT2D eigenvalue weighted by molar-refractivity contribution is 5.36. The van der Waals surface area contributed by atoms with Gasteiger partial charge in [0.1, 0.15) is 12.0 Å². The van der Waals surface area contributed by atoms with Crippen LogP contribution in [0.2, 0.25) is 0 Å². The molecule has 4 heteroatoms. The van der Waals surface area contributed by atoms with Crippen LogP contribution in [-0.2, 0) is 13.0 Å². The summed E-state index contributed by atoms with van der Waals surface area (Å²) in [5, 5.41) is 29.9. The second-order valence-electron chi connectivity index (χ2n) is 3.40. The van der Waals surface area contributed by atoms with E-state index in [2.05, 4.69) is 5.32 Å². The Morgan fingerprint density at radius 2 is 2.13 bits per heavy atom. The Kier molecular flexibility index (Phi) is 4.55. The summed E-state index contributed by atoms with van der Waals surface area (Å²) in [5.41, 5.74) is 1.85. The fourth-order valence-electron chi connectivity index (χ4n) is 1.29. The number of aromatic hydroxyl groups is 1. The van der Waals surface area contributed by atoms with E-state index in [0.29, 0.717) is 6.54 Å². The molecule has 4 N–H and O–H groups in total. The lowest BCUT2D eigenvalue weighted by Gasteiger charge is -2.11. The number of benzene rings is 1. The minimum absolute atomic E-state index is 0.199. The molecule has 1 aromatic rings. The minimum Gasteiger partial charge on any atom is -0.508 e. The van der Waals surface area contributed by atoms with Gasteiger partial charge in [-0.15, -0.1) is 0 Å². The first kappa shape index (κ1) is 12.0. The maximum absolute atomic E-state index is 9.53. The molecule has 1 rings (SSSR count). The summed E-state index contributed by atoms with van der Waals surface area (Å²) in [4.78, 5) is 0. The van der Waals surface area contributed by atoms with E-state index in [1.54, 1.807) is 6.07 Å². The summed E-state index contributed by atoms with van der Waals surface area (Å²) >= 11 is 0. The van der Waals surface area contributed by atoms with Gasteiger partial charge in [-0.25, -0.2) is 0 Å². The summed E-state index contributed by atoms with van der Waals surface area (Å²) in [5.74, 6) is 0.199. The molecule has 0 amide bonds. The molecule has 4 nitrogen and oxygen atoms in total. The average molecular weight is 211 g/mol. The lowest BCUT2D eigenvalue weighted by molar-refractivity contribution is 0.0664. The molecule has 0 spiro atoms. The van der Waals surface area contributed by atoms with Gasteiger partial charge in [-0.1, -0.05) is 19.1 Å². The van der Waals surface area contributed by atoms with Crippen LogP contribution >= 0.6 is 0 Å². The molecule has 0 radical (unpaired) electrons. The molecule has 0 aliphatic rings. The Morgan fingerprint density at radius 1 is 1.40 bits per heavy atom. The Balaban J connectivity index is 2.66. The van der Waals surface area contributed by atoms with E-state index in [0.717, 1.165) is 17.5 Å². The van der Waals surface area contributed by atoms with Crippen LogP contribution in [0.25, 0.3) is 0 Å². The zero-order valence-corrected chi connectivity index (χ0v) is 8.77. The van der Waals surface area contributed by atoms with Crippen LogP contribution in [0, 0.1) is 0 Å². The molecule has 0 heterocycles. The molecule has 0 saturated heterocycles. The van der Waals surface area contributed by atoms with Crippen molar-refractivity contribution in [3.8, 4) is 5.75 Å². The fourth-order valence-corrected chi connectivity index (χ4v) is 1.29. The third kappa shape index (κ3) is 3.51. The van der Waals surface area contributed by atoms with Crippen molar-refractivity contribution in [3.63, 3.8) is 0 Å². The molecule has 0 aliphatic heterocycles. The highest BCUT2D eigenvalue weighted by Gasteiger charge is 2.05. The Hall–Kier alpha value is -1.10. The van der Waals surface area contributed by atoms with E-state index in [-0.39, 0.29) is 12.4 Å².